The summed E-state index contributed by atoms with van der Waals surface area (Å²) in [6.45, 7) is 1.96. The summed E-state index contributed by atoms with van der Waals surface area (Å²) in [6, 6.07) is 13.6. The lowest BCUT2D eigenvalue weighted by molar-refractivity contribution is 1.06. The van der Waals surface area contributed by atoms with E-state index in [9.17, 15) is 0 Å². The summed E-state index contributed by atoms with van der Waals surface area (Å²) in [5, 5.41) is 8.85. The first kappa shape index (κ1) is 16.5. The zero-order valence-electron chi connectivity index (χ0n) is 14.8. The highest BCUT2D eigenvalue weighted by Crippen LogP contribution is 2.32. The van der Waals surface area contributed by atoms with Crippen LogP contribution in [0.15, 0.2) is 54.9 Å². The highest BCUT2D eigenvalue weighted by molar-refractivity contribution is 7.18. The second-order valence-electron chi connectivity index (χ2n) is 6.11. The molecule has 0 bridgehead atoms. The number of pyridine rings is 2. The Balaban J connectivity index is 1.76. The Labute approximate surface area is 163 Å². The van der Waals surface area contributed by atoms with Gasteiger partial charge in [-0.1, -0.05) is 23.5 Å². The molecule has 0 atom stereocenters. The summed E-state index contributed by atoms with van der Waals surface area (Å²) in [4.78, 5) is 18.5. The van der Waals surface area contributed by atoms with E-state index < -0.39 is 0 Å². The van der Waals surface area contributed by atoms with E-state index in [0.29, 0.717) is 16.0 Å². The minimum Gasteiger partial charge on any atom is -0.374 e. The maximum Gasteiger partial charge on any atom is 0.203 e. The molecule has 5 aromatic heterocycles. The van der Waals surface area contributed by atoms with Gasteiger partial charge in [-0.3, -0.25) is 9.38 Å². The maximum atomic E-state index is 5.70. The topological polar surface area (TPSA) is 108 Å². The fourth-order valence-electron chi connectivity index (χ4n) is 3.01. The van der Waals surface area contributed by atoms with Gasteiger partial charge in [-0.25, -0.2) is 15.0 Å². The van der Waals surface area contributed by atoms with Crippen molar-refractivity contribution in [1.29, 1.82) is 0 Å². The molecule has 136 valence electrons. The van der Waals surface area contributed by atoms with E-state index in [0.717, 1.165) is 34.1 Å². The van der Waals surface area contributed by atoms with Crippen LogP contribution in [-0.4, -0.2) is 34.5 Å². The number of imidazole rings is 1. The van der Waals surface area contributed by atoms with E-state index in [2.05, 4.69) is 20.2 Å². The van der Waals surface area contributed by atoms with Crippen LogP contribution in [0.1, 0.15) is 5.69 Å². The molecule has 0 saturated heterocycles. The van der Waals surface area contributed by atoms with Gasteiger partial charge in [0.05, 0.1) is 11.4 Å². The van der Waals surface area contributed by atoms with Crippen LogP contribution < -0.4 is 5.73 Å². The Morgan fingerprint density at radius 3 is 2.68 bits per heavy atom. The van der Waals surface area contributed by atoms with Crippen molar-refractivity contribution in [3.63, 3.8) is 0 Å². The van der Waals surface area contributed by atoms with Crippen LogP contribution in [0, 0.1) is 6.92 Å². The number of anilines is 1. The predicted molar refractivity (Wildman–Crippen MR) is 108 cm³/mol. The first-order chi connectivity index (χ1) is 13.7. The Hall–Kier alpha value is -3.72. The van der Waals surface area contributed by atoms with Crippen LogP contribution in [-0.2, 0) is 0 Å². The van der Waals surface area contributed by atoms with Crippen molar-refractivity contribution >= 4 is 22.1 Å². The number of rotatable bonds is 3. The highest BCUT2D eigenvalue weighted by atomic mass is 32.1. The molecule has 0 saturated carbocycles. The largest absolute Gasteiger partial charge is 0.374 e. The Bertz CT molecular complexity index is 1310. The standard InChI is InChI=1S/C19H14N8S/c1-11-5-4-6-12(22-11)15-16(27-10-3-2-7-14(27)24-15)13-8-9-21-17(23-13)18-25-26-19(20)28-18/h2-10H,1H3,(H2,20,26). The number of nitrogens with zero attached hydrogens (tertiary/aromatic N) is 7. The van der Waals surface area contributed by atoms with Crippen molar-refractivity contribution in [3.05, 3.63) is 60.6 Å². The highest BCUT2D eigenvalue weighted by Gasteiger charge is 2.19. The van der Waals surface area contributed by atoms with Gasteiger partial charge in [0, 0.05) is 18.1 Å². The van der Waals surface area contributed by atoms with E-state index in [1.54, 1.807) is 6.20 Å². The Morgan fingerprint density at radius 2 is 1.86 bits per heavy atom. The summed E-state index contributed by atoms with van der Waals surface area (Å²) in [6.07, 6.45) is 3.66. The second-order valence-corrected chi connectivity index (χ2v) is 7.12. The van der Waals surface area contributed by atoms with Crippen LogP contribution >= 0.6 is 11.3 Å². The first-order valence-corrected chi connectivity index (χ1v) is 9.34. The lowest BCUT2D eigenvalue weighted by Crippen LogP contribution is -1.96. The quantitative estimate of drug-likeness (QED) is 0.507. The van der Waals surface area contributed by atoms with E-state index in [4.69, 9.17) is 15.7 Å². The molecule has 0 spiro atoms. The van der Waals surface area contributed by atoms with Gasteiger partial charge < -0.3 is 5.73 Å². The molecule has 0 aromatic carbocycles. The molecular formula is C19H14N8S. The number of hydrogen-bond acceptors (Lipinski definition) is 8. The molecule has 5 rings (SSSR count). The smallest absolute Gasteiger partial charge is 0.203 e. The summed E-state index contributed by atoms with van der Waals surface area (Å²) >= 11 is 1.25. The summed E-state index contributed by atoms with van der Waals surface area (Å²) in [5.41, 5.74) is 10.6. The van der Waals surface area contributed by atoms with E-state index in [-0.39, 0.29) is 0 Å². The van der Waals surface area contributed by atoms with Crippen LogP contribution in [0.5, 0.6) is 0 Å². The third-order valence-corrected chi connectivity index (χ3v) is 4.94. The zero-order valence-corrected chi connectivity index (χ0v) is 15.6. The SMILES string of the molecule is Cc1cccc(-c2nc3ccccn3c2-c2ccnc(-c3nnc(N)s3)n2)n1. The molecule has 5 heterocycles. The molecule has 9 heteroatoms. The summed E-state index contributed by atoms with van der Waals surface area (Å²) in [5.74, 6) is 0.473. The minimum absolute atomic E-state index is 0.378. The van der Waals surface area contributed by atoms with Gasteiger partial charge in [0.15, 0.2) is 10.8 Å². The lowest BCUT2D eigenvalue weighted by atomic mass is 10.1. The van der Waals surface area contributed by atoms with Crippen molar-refractivity contribution in [2.45, 2.75) is 6.92 Å². The van der Waals surface area contributed by atoms with E-state index in [1.165, 1.54) is 11.3 Å². The van der Waals surface area contributed by atoms with Gasteiger partial charge in [-0.05, 0) is 37.3 Å². The number of nitrogen functional groups attached to an aromatic ring is 1. The van der Waals surface area contributed by atoms with Gasteiger partial charge in [0.1, 0.15) is 17.0 Å². The maximum absolute atomic E-state index is 5.70. The van der Waals surface area contributed by atoms with Crippen LogP contribution in [0.25, 0.3) is 39.3 Å². The number of nitrogens with two attached hydrogens (primary N) is 1. The van der Waals surface area contributed by atoms with Crippen LogP contribution in [0.3, 0.4) is 0 Å². The molecular weight excluding hydrogens is 372 g/mol. The number of fused-ring (bicyclic) bond motifs is 1. The average Bonchev–Trinajstić information content (AvgIpc) is 3.32. The monoisotopic (exact) mass is 386 g/mol. The Kier molecular flexibility index (Phi) is 3.80. The fraction of sp³-hybridized carbons (Fsp3) is 0.0526. The summed E-state index contributed by atoms with van der Waals surface area (Å²) in [7, 11) is 0. The van der Waals surface area contributed by atoms with Gasteiger partial charge in [-0.15, -0.1) is 10.2 Å². The molecule has 0 unspecified atom stereocenters. The van der Waals surface area contributed by atoms with Gasteiger partial charge in [0.25, 0.3) is 0 Å². The molecule has 8 nitrogen and oxygen atoms in total. The molecule has 0 aliphatic carbocycles. The van der Waals surface area contributed by atoms with Crippen LogP contribution in [0.4, 0.5) is 5.13 Å². The van der Waals surface area contributed by atoms with Gasteiger partial charge in [0.2, 0.25) is 5.13 Å². The van der Waals surface area contributed by atoms with Crippen LogP contribution in [0.2, 0.25) is 0 Å². The zero-order chi connectivity index (χ0) is 19.1. The van der Waals surface area contributed by atoms with Crippen molar-refractivity contribution in [3.8, 4) is 33.6 Å². The van der Waals surface area contributed by atoms with Gasteiger partial charge >= 0.3 is 0 Å². The van der Waals surface area contributed by atoms with Crippen molar-refractivity contribution in [1.82, 2.24) is 34.5 Å². The number of aromatic nitrogens is 7. The van der Waals surface area contributed by atoms with Crippen molar-refractivity contribution in [2.75, 3.05) is 5.73 Å². The molecule has 2 N–H and O–H groups in total. The lowest BCUT2D eigenvalue weighted by Gasteiger charge is -2.06. The number of aryl methyl sites for hydroxylation is 1. The Morgan fingerprint density at radius 1 is 0.929 bits per heavy atom. The van der Waals surface area contributed by atoms with E-state index in [1.807, 2.05) is 60.0 Å². The third kappa shape index (κ3) is 2.78. The molecule has 28 heavy (non-hydrogen) atoms. The second kappa shape index (κ2) is 6.46. The molecule has 5 aromatic rings. The summed E-state index contributed by atoms with van der Waals surface area (Å²) < 4.78 is 2.00. The molecule has 0 aliphatic rings. The number of hydrogen-bond donors (Lipinski definition) is 1. The normalized spacial score (nSPS) is 11.2. The van der Waals surface area contributed by atoms with E-state index >= 15 is 0 Å². The van der Waals surface area contributed by atoms with Gasteiger partial charge in [-0.2, -0.15) is 0 Å². The molecule has 0 aliphatic heterocycles. The molecule has 0 fully saturated rings. The third-order valence-electron chi connectivity index (χ3n) is 4.19. The van der Waals surface area contributed by atoms with Crippen molar-refractivity contribution < 1.29 is 0 Å². The minimum atomic E-state index is 0.378. The predicted octanol–water partition coefficient (Wildman–Crippen LogP) is 3.26. The first-order valence-electron chi connectivity index (χ1n) is 8.53. The average molecular weight is 386 g/mol. The fourth-order valence-corrected chi connectivity index (χ4v) is 3.56. The molecule has 0 radical (unpaired) electrons. The molecule has 0 amide bonds. The van der Waals surface area contributed by atoms with Crippen molar-refractivity contribution in [2.24, 2.45) is 0 Å².